The van der Waals surface area contributed by atoms with Crippen molar-refractivity contribution in [2.75, 3.05) is 26.3 Å². The topological polar surface area (TPSA) is 98.1 Å². The second-order valence-corrected chi connectivity index (χ2v) is 10.3. The minimum atomic E-state index is -3.67. The molecule has 8 nitrogen and oxygen atoms in total. The first-order chi connectivity index (χ1) is 15.9. The molecule has 0 spiro atoms. The maximum atomic E-state index is 13.1. The van der Waals surface area contributed by atoms with Gasteiger partial charge in [0.15, 0.2) is 11.5 Å². The van der Waals surface area contributed by atoms with E-state index in [2.05, 4.69) is 5.32 Å². The molecule has 3 aromatic rings. The molecule has 0 radical (unpaired) electrons. The Morgan fingerprint density at radius 1 is 1.03 bits per heavy atom. The number of hydrogen-bond donors (Lipinski definition) is 1. The predicted octanol–water partition coefficient (Wildman–Crippen LogP) is 3.48. The van der Waals surface area contributed by atoms with Gasteiger partial charge < -0.3 is 19.2 Å². The van der Waals surface area contributed by atoms with Crippen LogP contribution in [0.2, 0.25) is 0 Å². The van der Waals surface area contributed by atoms with Gasteiger partial charge >= 0.3 is 0 Å². The number of nitrogens with one attached hydrogen (secondary N) is 1. The summed E-state index contributed by atoms with van der Waals surface area (Å²) in [6, 6.07) is 14.0. The molecular formula is C24H26N2O6S. The molecule has 1 N–H and O–H groups in total. The zero-order valence-corrected chi connectivity index (χ0v) is 19.1. The molecule has 0 aliphatic carbocycles. The lowest BCUT2D eigenvalue weighted by molar-refractivity contribution is -0.126. The van der Waals surface area contributed by atoms with Gasteiger partial charge in [0.2, 0.25) is 15.9 Å². The summed E-state index contributed by atoms with van der Waals surface area (Å²) in [5, 5.41) is 4.01. The molecule has 2 aliphatic rings. The first-order valence-corrected chi connectivity index (χ1v) is 12.5. The average molecular weight is 471 g/mol. The number of ether oxygens (including phenoxy) is 2. The maximum Gasteiger partial charge on any atom is 0.243 e. The van der Waals surface area contributed by atoms with Crippen LogP contribution in [-0.2, 0) is 14.8 Å². The van der Waals surface area contributed by atoms with Crippen LogP contribution in [0, 0.1) is 5.92 Å². The number of furan rings is 1. The van der Waals surface area contributed by atoms with E-state index >= 15 is 0 Å². The Kier molecular flexibility index (Phi) is 5.76. The van der Waals surface area contributed by atoms with Gasteiger partial charge in [-0.25, -0.2) is 8.42 Å². The number of rotatable bonds is 5. The summed E-state index contributed by atoms with van der Waals surface area (Å²) in [6.07, 6.45) is 0.922. The Labute approximate surface area is 192 Å². The van der Waals surface area contributed by atoms with Crippen LogP contribution in [0.15, 0.2) is 57.8 Å². The third kappa shape index (κ3) is 4.30. The highest BCUT2D eigenvalue weighted by atomic mass is 32.2. The smallest absolute Gasteiger partial charge is 0.243 e. The van der Waals surface area contributed by atoms with Crippen molar-refractivity contribution in [2.24, 2.45) is 5.92 Å². The highest BCUT2D eigenvalue weighted by Gasteiger charge is 2.33. The molecule has 1 atom stereocenters. The van der Waals surface area contributed by atoms with Crippen LogP contribution in [0.3, 0.4) is 0 Å². The van der Waals surface area contributed by atoms with E-state index in [1.165, 1.54) is 16.4 Å². The number of para-hydroxylation sites is 1. The quantitative estimate of drug-likeness (QED) is 0.613. The zero-order chi connectivity index (χ0) is 23.0. The summed E-state index contributed by atoms with van der Waals surface area (Å²) in [5.74, 6) is 1.36. The Hall–Kier alpha value is -3.04. The van der Waals surface area contributed by atoms with Gasteiger partial charge in [-0.05, 0) is 44.0 Å². The number of carbonyl (C=O) groups is 1. The minimum Gasteiger partial charge on any atom is -0.486 e. The molecule has 1 amide bonds. The fourth-order valence-corrected chi connectivity index (χ4v) is 5.80. The third-order valence-electron chi connectivity index (χ3n) is 6.21. The number of hydrogen-bond acceptors (Lipinski definition) is 6. The molecule has 33 heavy (non-hydrogen) atoms. The summed E-state index contributed by atoms with van der Waals surface area (Å²) >= 11 is 0. The molecule has 1 fully saturated rings. The Balaban J connectivity index is 1.20. The number of sulfonamides is 1. The Morgan fingerprint density at radius 2 is 1.76 bits per heavy atom. The van der Waals surface area contributed by atoms with Crippen LogP contribution >= 0.6 is 0 Å². The van der Waals surface area contributed by atoms with Gasteiger partial charge in [0, 0.05) is 30.5 Å². The average Bonchev–Trinajstić information content (AvgIpc) is 3.28. The van der Waals surface area contributed by atoms with E-state index in [0.717, 1.165) is 11.0 Å². The molecule has 174 valence electrons. The van der Waals surface area contributed by atoms with E-state index in [1.807, 2.05) is 37.3 Å². The van der Waals surface area contributed by atoms with Crippen LogP contribution in [-0.4, -0.2) is 44.9 Å². The van der Waals surface area contributed by atoms with Crippen molar-refractivity contribution in [2.45, 2.75) is 30.7 Å². The molecule has 0 saturated carbocycles. The summed E-state index contributed by atoms with van der Waals surface area (Å²) in [5.41, 5.74) is 0.784. The molecular weight excluding hydrogens is 444 g/mol. The SMILES string of the molecule is C[C@@H](NC(=O)C1CCN(S(=O)(=O)c2ccc3c(c2)OCCO3)CC1)c1cc2ccccc2o1. The van der Waals surface area contributed by atoms with Crippen LogP contribution in [0.25, 0.3) is 11.0 Å². The molecule has 1 aromatic heterocycles. The first kappa shape index (κ1) is 21.8. The fraction of sp³-hybridized carbons (Fsp3) is 0.375. The number of carbonyl (C=O) groups excluding carboxylic acids is 1. The van der Waals surface area contributed by atoms with Crippen molar-refractivity contribution in [1.82, 2.24) is 9.62 Å². The third-order valence-corrected chi connectivity index (χ3v) is 8.10. The van der Waals surface area contributed by atoms with Crippen molar-refractivity contribution < 1.29 is 27.1 Å². The molecule has 2 aromatic carbocycles. The van der Waals surface area contributed by atoms with Crippen molar-refractivity contribution in [3.05, 3.63) is 54.3 Å². The van der Waals surface area contributed by atoms with Crippen LogP contribution in [0.4, 0.5) is 0 Å². The van der Waals surface area contributed by atoms with Gasteiger partial charge in [-0.3, -0.25) is 4.79 Å². The summed E-state index contributed by atoms with van der Waals surface area (Å²) in [6.45, 7) is 3.30. The standard InChI is InChI=1S/C24H26N2O6S/c1-16(22-14-18-4-2-3-5-20(18)32-22)25-24(27)17-8-10-26(11-9-17)33(28,29)19-6-7-21-23(15-19)31-13-12-30-21/h2-7,14-17H,8-13H2,1H3,(H,25,27)/t16-/m1/s1. The number of nitrogens with zero attached hydrogens (tertiary/aromatic N) is 1. The molecule has 1 saturated heterocycles. The van der Waals surface area contributed by atoms with E-state index in [1.54, 1.807) is 6.07 Å². The lowest BCUT2D eigenvalue weighted by Gasteiger charge is -2.31. The second kappa shape index (κ2) is 8.72. The molecule has 9 heteroatoms. The highest BCUT2D eigenvalue weighted by Crippen LogP contribution is 2.34. The monoisotopic (exact) mass is 470 g/mol. The highest BCUT2D eigenvalue weighted by molar-refractivity contribution is 7.89. The lowest BCUT2D eigenvalue weighted by atomic mass is 9.97. The molecule has 0 bridgehead atoms. The summed E-state index contributed by atoms with van der Waals surface area (Å²) < 4.78 is 44.5. The maximum absolute atomic E-state index is 13.1. The largest absolute Gasteiger partial charge is 0.486 e. The number of fused-ring (bicyclic) bond motifs is 2. The van der Waals surface area contributed by atoms with Crippen molar-refractivity contribution in [1.29, 1.82) is 0 Å². The number of benzene rings is 2. The van der Waals surface area contributed by atoms with Crippen LogP contribution in [0.1, 0.15) is 31.6 Å². The Bertz CT molecular complexity index is 1240. The van der Waals surface area contributed by atoms with Crippen LogP contribution < -0.4 is 14.8 Å². The van der Waals surface area contributed by atoms with E-state index in [4.69, 9.17) is 13.9 Å². The van der Waals surface area contributed by atoms with E-state index in [-0.39, 0.29) is 35.9 Å². The normalized spacial score (nSPS) is 18.2. The Morgan fingerprint density at radius 3 is 2.52 bits per heavy atom. The van der Waals surface area contributed by atoms with Gasteiger partial charge in [0.1, 0.15) is 24.6 Å². The van der Waals surface area contributed by atoms with Gasteiger partial charge in [0.05, 0.1) is 10.9 Å². The van der Waals surface area contributed by atoms with Gasteiger partial charge in [-0.15, -0.1) is 0 Å². The van der Waals surface area contributed by atoms with E-state index in [9.17, 15) is 13.2 Å². The predicted molar refractivity (Wildman–Crippen MR) is 122 cm³/mol. The van der Waals surface area contributed by atoms with Gasteiger partial charge in [-0.1, -0.05) is 18.2 Å². The number of piperidine rings is 1. The molecule has 2 aliphatic heterocycles. The van der Waals surface area contributed by atoms with Crippen molar-refractivity contribution >= 4 is 26.9 Å². The van der Waals surface area contributed by atoms with Gasteiger partial charge in [0.25, 0.3) is 0 Å². The zero-order valence-electron chi connectivity index (χ0n) is 18.3. The van der Waals surface area contributed by atoms with Crippen molar-refractivity contribution in [3.63, 3.8) is 0 Å². The van der Waals surface area contributed by atoms with Gasteiger partial charge in [-0.2, -0.15) is 4.31 Å². The lowest BCUT2D eigenvalue weighted by Crippen LogP contribution is -2.43. The molecule has 5 rings (SSSR count). The minimum absolute atomic E-state index is 0.0840. The molecule has 3 heterocycles. The second-order valence-electron chi connectivity index (χ2n) is 8.40. The number of amides is 1. The van der Waals surface area contributed by atoms with Crippen LogP contribution in [0.5, 0.6) is 11.5 Å². The molecule has 0 unspecified atom stereocenters. The van der Waals surface area contributed by atoms with E-state index in [0.29, 0.717) is 43.3 Å². The fourth-order valence-electron chi connectivity index (χ4n) is 4.31. The van der Waals surface area contributed by atoms with Crippen molar-refractivity contribution in [3.8, 4) is 11.5 Å². The van der Waals surface area contributed by atoms with E-state index < -0.39 is 10.0 Å². The first-order valence-electron chi connectivity index (χ1n) is 11.1. The summed E-state index contributed by atoms with van der Waals surface area (Å²) in [7, 11) is -3.67. The summed E-state index contributed by atoms with van der Waals surface area (Å²) in [4.78, 5) is 13.0.